The maximum atomic E-state index is 12.2. The first-order valence-corrected chi connectivity index (χ1v) is 25.2. The number of aliphatic hydroxyl groups is 1. The van der Waals surface area contributed by atoms with E-state index in [4.69, 9.17) is 0 Å². The normalized spacial score (nSPS) is 19.9. The fourth-order valence-electron chi connectivity index (χ4n) is 8.08. The summed E-state index contributed by atoms with van der Waals surface area (Å²) in [6, 6.07) is 6.65. The van der Waals surface area contributed by atoms with Crippen molar-refractivity contribution in [3.8, 4) is 0 Å². The quantitative estimate of drug-likeness (QED) is 0.0878. The number of nitrogens with zero attached hydrogens (tertiary/aromatic N) is 2. The second-order valence-corrected chi connectivity index (χ2v) is 22.1. The third kappa shape index (κ3) is 10.9. The fourth-order valence-corrected chi connectivity index (χ4v) is 10.1. The highest BCUT2D eigenvalue weighted by molar-refractivity contribution is 7.86. The van der Waals surface area contributed by atoms with Gasteiger partial charge < -0.3 is 20.4 Å². The van der Waals surface area contributed by atoms with Crippen molar-refractivity contribution in [3.63, 3.8) is 0 Å². The molecule has 3 aliphatic rings. The first-order chi connectivity index (χ1) is 28.1. The lowest BCUT2D eigenvalue weighted by Crippen LogP contribution is -2.40. The summed E-state index contributed by atoms with van der Waals surface area (Å²) in [5, 5.41) is 23.0. The summed E-state index contributed by atoms with van der Waals surface area (Å²) in [5.41, 5.74) is 3.00. The van der Waals surface area contributed by atoms with Gasteiger partial charge in [-0.05, 0) is 92.6 Å². The fraction of sp³-hybridized carbons (Fsp3) is 0.436. The van der Waals surface area contributed by atoms with Crippen LogP contribution in [0.5, 0.6) is 0 Å². The van der Waals surface area contributed by atoms with Crippen molar-refractivity contribution in [1.82, 2.24) is 5.32 Å². The molecule has 0 saturated heterocycles. The predicted octanol–water partition coefficient (Wildman–Crippen LogP) is 3.75. The van der Waals surface area contributed by atoms with Crippen LogP contribution in [0.25, 0.3) is 0 Å². The molecule has 0 aromatic heterocycles. The number of hydrogen-bond acceptors (Lipinski definition) is 12. The van der Waals surface area contributed by atoms with Gasteiger partial charge in [0, 0.05) is 53.2 Å². The van der Waals surface area contributed by atoms with Gasteiger partial charge >= 0.3 is 5.97 Å². The van der Waals surface area contributed by atoms with E-state index in [1.165, 1.54) is 36.4 Å². The summed E-state index contributed by atoms with van der Waals surface area (Å²) in [4.78, 5) is 13.3. The number of carbonyl (C=O) groups is 1. The number of rotatable bonds is 17. The lowest BCUT2D eigenvalue weighted by Gasteiger charge is -2.28. The first kappa shape index (κ1) is 47.8. The molecule has 22 heteroatoms. The van der Waals surface area contributed by atoms with Crippen molar-refractivity contribution >= 4 is 63.5 Å². The van der Waals surface area contributed by atoms with Gasteiger partial charge in [0.2, 0.25) is 5.69 Å². The molecule has 2 heterocycles. The average molecular weight is 929 g/mol. The average Bonchev–Trinajstić information content (AvgIpc) is 3.47. The summed E-state index contributed by atoms with van der Waals surface area (Å²) in [6.07, 6.45) is 8.39. The molecule has 1 atom stereocenters. The highest BCUT2D eigenvalue weighted by Gasteiger charge is 2.45. The molecule has 1 aliphatic carbocycles. The molecule has 2 aromatic rings. The number of aliphatic carboxylic acids is 1. The molecule has 0 fully saturated rings. The summed E-state index contributed by atoms with van der Waals surface area (Å²) in [7, 11) is -17.8. The largest absolute Gasteiger partial charge is 0.480 e. The summed E-state index contributed by atoms with van der Waals surface area (Å²) in [6.45, 7) is 6.62. The minimum absolute atomic E-state index is 0.0102. The van der Waals surface area contributed by atoms with Gasteiger partial charge in [-0.3, -0.25) is 18.2 Å². The monoisotopic (exact) mass is 928 g/mol. The van der Waals surface area contributed by atoms with Gasteiger partial charge in [0.05, 0.1) is 33.3 Å². The van der Waals surface area contributed by atoms with Crippen LogP contribution in [-0.2, 0) is 56.1 Å². The van der Waals surface area contributed by atoms with Crippen LogP contribution < -0.4 is 10.2 Å². The number of hydrogen-bond donors (Lipinski definition) is 7. The van der Waals surface area contributed by atoms with Crippen molar-refractivity contribution in [3.05, 3.63) is 94.4 Å². The van der Waals surface area contributed by atoms with E-state index in [-0.39, 0.29) is 35.7 Å². The number of carboxylic acids is 1. The number of nitrogens with one attached hydrogen (secondary N) is 1. The predicted molar refractivity (Wildman–Crippen MR) is 226 cm³/mol. The Morgan fingerprint density at radius 2 is 1.39 bits per heavy atom. The highest BCUT2D eigenvalue weighted by atomic mass is 32.2. The maximum absolute atomic E-state index is 12.2. The molecular weight excluding hydrogens is 879 g/mol. The number of benzene rings is 2. The zero-order chi connectivity index (χ0) is 45.5. The number of fused-ring (bicyclic) bond motifs is 2. The van der Waals surface area contributed by atoms with E-state index in [2.05, 4.69) is 5.32 Å². The van der Waals surface area contributed by atoms with Gasteiger partial charge in [-0.1, -0.05) is 26.0 Å². The highest BCUT2D eigenvalue weighted by Crippen LogP contribution is 2.49. The summed E-state index contributed by atoms with van der Waals surface area (Å²) in [5.74, 6) is -2.45. The molecule has 2 aliphatic heterocycles. The molecule has 61 heavy (non-hydrogen) atoms. The van der Waals surface area contributed by atoms with Crippen molar-refractivity contribution in [2.45, 2.75) is 86.5 Å². The lowest BCUT2D eigenvalue weighted by molar-refractivity contribution is -0.437. The Bertz CT molecular complexity index is 2730. The van der Waals surface area contributed by atoms with E-state index >= 15 is 0 Å². The van der Waals surface area contributed by atoms with Crippen LogP contribution >= 0.6 is 0 Å². The van der Waals surface area contributed by atoms with Crippen LogP contribution in [0.3, 0.4) is 0 Å². The Hall–Kier alpha value is -4.26. The standard InChI is InChI=1S/C39H49N3O15S4/c1-38(2)29-22-27(60(52,53)54)12-14-32(29)41(18-6-20-58(46,47)48)34(38)16-10-25-8-5-9-26(36(25)40-31(24-43)37(44)45)11-17-35-39(3,4)30-23-28(61(55,56)57)13-15-33(30)42(35)19-7-21-59(49,50)51/h10-17,22-23,31,43H,5-9,18-21,24H2,1-4H3,(H5,44,45,46,47,48,49,50,51,52,53,54,55,56,57)/p+1/b25-10+,34-16-. The Balaban J connectivity index is 1.66. The molecule has 1 unspecified atom stereocenters. The molecule has 18 nitrogen and oxygen atoms in total. The topological polar surface area (TPSA) is 293 Å². The van der Waals surface area contributed by atoms with E-state index in [0.29, 0.717) is 70.0 Å². The molecule has 0 bridgehead atoms. The maximum Gasteiger partial charge on any atom is 0.328 e. The molecule has 5 rings (SSSR count). The van der Waals surface area contributed by atoms with Gasteiger partial charge in [-0.15, -0.1) is 0 Å². The molecule has 0 saturated carbocycles. The molecular formula is C39H50N3O15S4+. The van der Waals surface area contributed by atoms with Crippen molar-refractivity contribution in [1.29, 1.82) is 0 Å². The van der Waals surface area contributed by atoms with E-state index in [0.717, 1.165) is 0 Å². The molecule has 0 amide bonds. The van der Waals surface area contributed by atoms with Crippen LogP contribution in [0, 0.1) is 0 Å². The van der Waals surface area contributed by atoms with Crippen LogP contribution in [0.2, 0.25) is 0 Å². The number of carboxylic acid groups (broad SMARTS) is 1. The molecule has 7 N–H and O–H groups in total. The van der Waals surface area contributed by atoms with Gasteiger partial charge in [-0.2, -0.15) is 38.2 Å². The van der Waals surface area contributed by atoms with Crippen LogP contribution in [0.4, 0.5) is 11.4 Å². The first-order valence-electron chi connectivity index (χ1n) is 19.1. The van der Waals surface area contributed by atoms with Gasteiger partial charge in [0.15, 0.2) is 5.71 Å². The van der Waals surface area contributed by atoms with Crippen LogP contribution in [0.15, 0.2) is 93.0 Å². The number of aliphatic hydroxyl groups excluding tert-OH is 1. The Morgan fingerprint density at radius 3 is 1.97 bits per heavy atom. The van der Waals surface area contributed by atoms with E-state index in [9.17, 15) is 66.9 Å². The second kappa shape index (κ2) is 17.5. The summed E-state index contributed by atoms with van der Waals surface area (Å²) < 4.78 is 135. The molecule has 334 valence electrons. The van der Waals surface area contributed by atoms with Crippen molar-refractivity contribution < 1.29 is 71.5 Å². The Labute approximate surface area is 355 Å². The SMILES string of the molecule is CC1(C)C(/C=C/C2=C(NC(CO)C(=O)O)C(=C/C=C3\N(CCCS(=O)(=O)O)c4ccc(S(=O)(=O)O)cc4C3(C)C)/CCC2)=[N+](CCCS(=O)(=O)O)c2ccc(S(=O)(=O)O)cc21. The minimum Gasteiger partial charge on any atom is -0.480 e. The summed E-state index contributed by atoms with van der Waals surface area (Å²) >= 11 is 0. The minimum atomic E-state index is -4.59. The Kier molecular flexibility index (Phi) is 13.7. The van der Waals surface area contributed by atoms with Crippen molar-refractivity contribution in [2.75, 3.05) is 36.1 Å². The Morgan fingerprint density at radius 1 is 0.803 bits per heavy atom. The smallest absolute Gasteiger partial charge is 0.328 e. The molecule has 0 radical (unpaired) electrons. The zero-order valence-electron chi connectivity index (χ0n) is 33.8. The van der Waals surface area contributed by atoms with Gasteiger partial charge in [0.25, 0.3) is 40.5 Å². The number of anilines is 1. The lowest BCUT2D eigenvalue weighted by atomic mass is 9.81. The second-order valence-electron chi connectivity index (χ2n) is 16.1. The zero-order valence-corrected chi connectivity index (χ0v) is 37.1. The third-order valence-electron chi connectivity index (χ3n) is 11.1. The van der Waals surface area contributed by atoms with Crippen LogP contribution in [-0.4, -0.2) is 116 Å². The van der Waals surface area contributed by atoms with E-state index in [1.807, 2.05) is 27.7 Å². The van der Waals surface area contributed by atoms with E-state index in [1.54, 1.807) is 33.8 Å². The van der Waals surface area contributed by atoms with Crippen LogP contribution in [0.1, 0.15) is 70.9 Å². The van der Waals surface area contributed by atoms with Crippen molar-refractivity contribution in [2.24, 2.45) is 0 Å². The van der Waals surface area contributed by atoms with Gasteiger partial charge in [0.1, 0.15) is 12.6 Å². The van der Waals surface area contributed by atoms with Gasteiger partial charge in [-0.25, -0.2) is 4.79 Å². The molecule has 2 aromatic carbocycles. The number of allylic oxidation sites excluding steroid dienone is 7. The third-order valence-corrected chi connectivity index (χ3v) is 14.4. The van der Waals surface area contributed by atoms with E-state index < -0.39 is 81.4 Å². The molecule has 0 spiro atoms.